The van der Waals surface area contributed by atoms with Gasteiger partial charge >= 0.3 is 0 Å². The quantitative estimate of drug-likeness (QED) is 0.489. The molecule has 0 unspecified atom stereocenters. The van der Waals surface area contributed by atoms with E-state index in [1.54, 1.807) is 13.4 Å². The average Bonchev–Trinajstić information content (AvgIpc) is 2.68. The van der Waals surface area contributed by atoms with E-state index in [-0.39, 0.29) is 0 Å². The van der Waals surface area contributed by atoms with Crippen LogP contribution >= 0.6 is 0 Å². The van der Waals surface area contributed by atoms with Crippen LogP contribution < -0.4 is 9.93 Å². The van der Waals surface area contributed by atoms with Crippen LogP contribution in [-0.4, -0.2) is 20.2 Å². The number of rotatable bonds is 5. The minimum absolute atomic E-state index is 0.815. The number of hydrogen-bond donors (Lipinski definition) is 0. The number of fused-ring (bicyclic) bond motifs is 1. The van der Waals surface area contributed by atoms with E-state index < -0.39 is 0 Å². The standard InChI is InChI=1S/C23H26NO2/c1-5-24(6-2)19-12-13-20-22(16-19)26-21(14-15-25-4)17(3)23(20)18-10-8-7-9-11-18/h7-16H,5-6H2,1-4H3/q+1. The van der Waals surface area contributed by atoms with Gasteiger partial charge in [-0.15, -0.1) is 0 Å². The lowest BCUT2D eigenvalue weighted by atomic mass is 9.92. The fraction of sp³-hybridized carbons (Fsp3) is 0.261. The van der Waals surface area contributed by atoms with Crippen LogP contribution in [0.4, 0.5) is 0 Å². The van der Waals surface area contributed by atoms with E-state index in [1.165, 1.54) is 16.5 Å². The SMILES string of the molecule is CC[N+](CC)=c1ccc2c(-c3ccccc3)c(C)c(C=COC)oc-2c1. The zero-order valence-corrected chi connectivity index (χ0v) is 16.0. The number of nitrogens with zero attached hydrogens (tertiary/aromatic N) is 1. The molecular formula is C23H26NO2+. The molecule has 2 aliphatic rings. The van der Waals surface area contributed by atoms with Gasteiger partial charge < -0.3 is 9.15 Å². The molecule has 0 aromatic heterocycles. The molecule has 1 aromatic carbocycles. The van der Waals surface area contributed by atoms with Crippen molar-refractivity contribution < 1.29 is 9.15 Å². The van der Waals surface area contributed by atoms with Crippen molar-refractivity contribution >= 4 is 6.08 Å². The van der Waals surface area contributed by atoms with Gasteiger partial charge in [-0.05, 0) is 38.0 Å². The molecule has 1 aliphatic heterocycles. The van der Waals surface area contributed by atoms with Crippen LogP contribution in [0, 0.1) is 6.92 Å². The van der Waals surface area contributed by atoms with E-state index in [4.69, 9.17) is 9.15 Å². The van der Waals surface area contributed by atoms with Crippen molar-refractivity contribution in [3.8, 4) is 22.5 Å². The molecule has 1 aliphatic carbocycles. The van der Waals surface area contributed by atoms with Gasteiger partial charge in [0.1, 0.15) is 24.6 Å². The van der Waals surface area contributed by atoms with Crippen molar-refractivity contribution in [3.63, 3.8) is 0 Å². The topological polar surface area (TPSA) is 25.4 Å². The maximum Gasteiger partial charge on any atom is 0.203 e. The van der Waals surface area contributed by atoms with E-state index in [9.17, 15) is 0 Å². The molecule has 0 bridgehead atoms. The molecule has 0 amide bonds. The highest BCUT2D eigenvalue weighted by Crippen LogP contribution is 2.38. The Bertz CT molecular complexity index is 946. The third-order valence-corrected chi connectivity index (χ3v) is 4.75. The highest BCUT2D eigenvalue weighted by Gasteiger charge is 2.19. The Kier molecular flexibility index (Phi) is 5.57. The first-order chi connectivity index (χ1) is 12.7. The summed E-state index contributed by atoms with van der Waals surface area (Å²) in [6, 6.07) is 17.0. The Morgan fingerprint density at radius 1 is 1.04 bits per heavy atom. The second kappa shape index (κ2) is 8.05. The summed E-state index contributed by atoms with van der Waals surface area (Å²) in [5.74, 6) is 1.70. The molecule has 1 heterocycles. The molecule has 0 radical (unpaired) electrons. The minimum Gasteiger partial charge on any atom is -0.504 e. The van der Waals surface area contributed by atoms with Crippen molar-refractivity contribution in [3.05, 3.63) is 71.5 Å². The highest BCUT2D eigenvalue weighted by atomic mass is 16.5. The highest BCUT2D eigenvalue weighted by molar-refractivity contribution is 5.85. The lowest BCUT2D eigenvalue weighted by molar-refractivity contribution is 0.340. The largest absolute Gasteiger partial charge is 0.504 e. The lowest BCUT2D eigenvalue weighted by Crippen LogP contribution is -2.29. The number of hydrogen-bond acceptors (Lipinski definition) is 2. The van der Waals surface area contributed by atoms with Crippen LogP contribution in [0.2, 0.25) is 0 Å². The molecule has 0 atom stereocenters. The predicted octanol–water partition coefficient (Wildman–Crippen LogP) is 4.79. The van der Waals surface area contributed by atoms with Gasteiger partial charge in [0.15, 0.2) is 0 Å². The molecule has 0 saturated carbocycles. The Hall–Kier alpha value is -2.81. The van der Waals surface area contributed by atoms with Gasteiger partial charge in [-0.25, -0.2) is 4.58 Å². The minimum atomic E-state index is 0.815. The zero-order chi connectivity index (χ0) is 18.5. The molecule has 3 heteroatoms. The van der Waals surface area contributed by atoms with E-state index in [0.717, 1.165) is 35.7 Å². The van der Waals surface area contributed by atoms with E-state index in [1.807, 2.05) is 12.1 Å². The fourth-order valence-corrected chi connectivity index (χ4v) is 3.37. The van der Waals surface area contributed by atoms with E-state index in [2.05, 4.69) is 67.8 Å². The molecule has 0 N–H and O–H groups in total. The van der Waals surface area contributed by atoms with Crippen molar-refractivity contribution in [2.45, 2.75) is 20.8 Å². The number of ether oxygens (including phenoxy) is 1. The second-order valence-electron chi connectivity index (χ2n) is 6.22. The van der Waals surface area contributed by atoms with Crippen molar-refractivity contribution in [2.24, 2.45) is 0 Å². The van der Waals surface area contributed by atoms with Crippen LogP contribution in [0.1, 0.15) is 25.2 Å². The summed E-state index contributed by atoms with van der Waals surface area (Å²) in [7, 11) is 1.64. The summed E-state index contributed by atoms with van der Waals surface area (Å²) >= 11 is 0. The normalized spacial score (nSPS) is 11.2. The molecule has 134 valence electrons. The Morgan fingerprint density at radius 2 is 1.77 bits per heavy atom. The fourth-order valence-electron chi connectivity index (χ4n) is 3.37. The Labute approximate surface area is 155 Å². The van der Waals surface area contributed by atoms with Gasteiger partial charge in [0.25, 0.3) is 0 Å². The van der Waals surface area contributed by atoms with Gasteiger partial charge in [-0.1, -0.05) is 30.3 Å². The maximum absolute atomic E-state index is 6.24. The van der Waals surface area contributed by atoms with Crippen LogP contribution in [0.5, 0.6) is 0 Å². The summed E-state index contributed by atoms with van der Waals surface area (Å²) in [5, 5.41) is 1.18. The monoisotopic (exact) mass is 348 g/mol. The second-order valence-corrected chi connectivity index (χ2v) is 6.22. The first-order valence-electron chi connectivity index (χ1n) is 9.09. The molecule has 1 aromatic rings. The number of benzene rings is 2. The van der Waals surface area contributed by atoms with Crippen molar-refractivity contribution in [2.75, 3.05) is 20.2 Å². The van der Waals surface area contributed by atoms with Gasteiger partial charge in [0, 0.05) is 23.3 Å². The van der Waals surface area contributed by atoms with Crippen molar-refractivity contribution in [1.82, 2.24) is 4.58 Å². The van der Waals surface area contributed by atoms with Crippen LogP contribution in [-0.2, 0) is 4.74 Å². The third-order valence-electron chi connectivity index (χ3n) is 4.75. The summed E-state index contributed by atoms with van der Waals surface area (Å²) < 4.78 is 13.7. The van der Waals surface area contributed by atoms with Gasteiger partial charge in [-0.2, -0.15) is 0 Å². The van der Waals surface area contributed by atoms with Crippen LogP contribution in [0.15, 0.2) is 59.2 Å². The summed E-state index contributed by atoms with van der Waals surface area (Å²) in [6.07, 6.45) is 3.53. The molecular weight excluding hydrogens is 322 g/mol. The molecule has 0 spiro atoms. The van der Waals surface area contributed by atoms with Gasteiger partial charge in [-0.3, -0.25) is 0 Å². The first kappa shape index (κ1) is 18.0. The smallest absolute Gasteiger partial charge is 0.203 e. The molecule has 26 heavy (non-hydrogen) atoms. The van der Waals surface area contributed by atoms with Crippen LogP contribution in [0.3, 0.4) is 0 Å². The van der Waals surface area contributed by atoms with Gasteiger partial charge in [0.05, 0.1) is 19.4 Å². The Balaban J connectivity index is 2.36. The zero-order valence-electron chi connectivity index (χ0n) is 16.0. The summed E-state index contributed by atoms with van der Waals surface area (Å²) in [4.78, 5) is 0. The Morgan fingerprint density at radius 3 is 2.42 bits per heavy atom. The van der Waals surface area contributed by atoms with Crippen molar-refractivity contribution in [1.29, 1.82) is 0 Å². The lowest BCUT2D eigenvalue weighted by Gasteiger charge is -2.16. The molecule has 3 rings (SSSR count). The van der Waals surface area contributed by atoms with E-state index >= 15 is 0 Å². The third kappa shape index (κ3) is 3.43. The maximum atomic E-state index is 6.24. The van der Waals surface area contributed by atoms with Gasteiger partial charge in [0.2, 0.25) is 5.36 Å². The average molecular weight is 348 g/mol. The molecule has 0 fully saturated rings. The summed E-state index contributed by atoms with van der Waals surface area (Å²) in [6.45, 7) is 8.37. The summed E-state index contributed by atoms with van der Waals surface area (Å²) in [5.41, 5.74) is 4.62. The van der Waals surface area contributed by atoms with E-state index in [0.29, 0.717) is 0 Å². The predicted molar refractivity (Wildman–Crippen MR) is 108 cm³/mol. The van der Waals surface area contributed by atoms with Crippen LogP contribution in [0.25, 0.3) is 28.5 Å². The molecule has 0 saturated heterocycles. The molecule has 3 nitrogen and oxygen atoms in total. The first-order valence-corrected chi connectivity index (χ1v) is 9.09. The number of methoxy groups -OCH3 is 1.